The van der Waals surface area contributed by atoms with Gasteiger partial charge in [0.1, 0.15) is 5.60 Å². The van der Waals surface area contributed by atoms with E-state index in [4.69, 9.17) is 15.6 Å². The van der Waals surface area contributed by atoms with Crippen LogP contribution in [0.1, 0.15) is 94.4 Å². The molecule has 0 spiro atoms. The summed E-state index contributed by atoms with van der Waals surface area (Å²) >= 11 is 0. The lowest BCUT2D eigenvalue weighted by molar-refractivity contribution is -0.137. The van der Waals surface area contributed by atoms with E-state index in [0.717, 1.165) is 38.6 Å². The quantitative estimate of drug-likeness (QED) is 0.0939. The molecule has 19 N–H and O–H groups in total. The average molecular weight is 551 g/mol. The minimum Gasteiger partial charge on any atom is -0.481 e. The lowest BCUT2D eigenvalue weighted by Gasteiger charge is -2.19. The van der Waals surface area contributed by atoms with E-state index >= 15 is 0 Å². The molecule has 0 rings (SSSR count). The molecule has 0 aliphatic heterocycles. The molecule has 0 heterocycles. The van der Waals surface area contributed by atoms with Gasteiger partial charge in [-0.15, -0.1) is 0 Å². The van der Waals surface area contributed by atoms with Crippen molar-refractivity contribution in [2.45, 2.75) is 100 Å². The van der Waals surface area contributed by atoms with Gasteiger partial charge >= 0.3 is 12.1 Å². The van der Waals surface area contributed by atoms with Crippen LogP contribution in [0.25, 0.3) is 0 Å². The van der Waals surface area contributed by atoms with E-state index in [0.29, 0.717) is 19.4 Å². The predicted molar refractivity (Wildman–Crippen MR) is 157 cm³/mol. The van der Waals surface area contributed by atoms with Crippen LogP contribution in [0.3, 0.4) is 0 Å². The SMILES string of the molecule is C.C.C.CC(C)(C)OC(=O)NCCCCCC(=O)O.CN.CNC(=O)CCCCCN.NN.NN.NN. The van der Waals surface area contributed by atoms with Gasteiger partial charge in [-0.1, -0.05) is 35.1 Å². The third kappa shape index (κ3) is 87.1. The molecule has 0 saturated heterocycles. The van der Waals surface area contributed by atoms with Crippen LogP contribution in [0, 0.1) is 0 Å². The molecule has 0 fully saturated rings. The average Bonchev–Trinajstić information content (AvgIpc) is 2.83. The number of rotatable bonds is 11. The van der Waals surface area contributed by atoms with E-state index in [1.807, 2.05) is 0 Å². The van der Waals surface area contributed by atoms with Crippen molar-refractivity contribution in [1.29, 1.82) is 0 Å². The first kappa shape index (κ1) is 59.8. The second-order valence-corrected chi connectivity index (χ2v) is 6.91. The zero-order valence-electron chi connectivity index (χ0n) is 21.8. The Labute approximate surface area is 227 Å². The molecule has 2 amide bonds. The van der Waals surface area contributed by atoms with Crippen LogP contribution in [-0.4, -0.2) is 55.9 Å². The molecule has 0 unspecified atom stereocenters. The number of aliphatic carboxylic acids is 1. The van der Waals surface area contributed by atoms with Gasteiger partial charge in [0.25, 0.3) is 0 Å². The molecule has 0 radical (unpaired) electrons. The monoisotopic (exact) mass is 551 g/mol. The van der Waals surface area contributed by atoms with Crippen molar-refractivity contribution in [1.82, 2.24) is 10.6 Å². The molecular weight excluding hydrogens is 484 g/mol. The summed E-state index contributed by atoms with van der Waals surface area (Å²) < 4.78 is 5.04. The Morgan fingerprint density at radius 3 is 1.51 bits per heavy atom. The highest BCUT2D eigenvalue weighted by Crippen LogP contribution is 2.06. The number of amides is 2. The second-order valence-electron chi connectivity index (χ2n) is 6.91. The highest BCUT2D eigenvalue weighted by atomic mass is 16.6. The predicted octanol–water partition coefficient (Wildman–Crippen LogP) is 0.347. The van der Waals surface area contributed by atoms with Crippen molar-refractivity contribution < 1.29 is 24.2 Å². The minimum absolute atomic E-state index is 0. The fraction of sp³-hybridized carbons (Fsp3) is 0.864. The zero-order chi connectivity index (χ0) is 28.4. The molecule has 15 heteroatoms. The molecule has 0 aliphatic carbocycles. The summed E-state index contributed by atoms with van der Waals surface area (Å²) in [6.07, 6.45) is 5.64. The van der Waals surface area contributed by atoms with Crippen LogP contribution in [0.4, 0.5) is 4.79 Å². The number of carbonyl (C=O) groups is 3. The number of nitrogens with two attached hydrogens (primary N) is 8. The van der Waals surface area contributed by atoms with Gasteiger partial charge in [0.15, 0.2) is 0 Å². The van der Waals surface area contributed by atoms with Gasteiger partial charge in [0.2, 0.25) is 5.91 Å². The largest absolute Gasteiger partial charge is 0.481 e. The number of nitrogens with one attached hydrogen (secondary N) is 2. The summed E-state index contributed by atoms with van der Waals surface area (Å²) in [7, 11) is 3.16. The van der Waals surface area contributed by atoms with Crippen LogP contribution < -0.4 is 57.2 Å². The number of carboxylic acid groups (broad SMARTS) is 1. The number of ether oxygens (including phenoxy) is 1. The third-order valence-electron chi connectivity index (χ3n) is 3.12. The number of hydrogen-bond acceptors (Lipinski definition) is 12. The van der Waals surface area contributed by atoms with Gasteiger partial charge in [-0.25, -0.2) is 4.79 Å². The Kier molecular flexibility index (Phi) is 88.4. The molecule has 0 atom stereocenters. The van der Waals surface area contributed by atoms with E-state index in [9.17, 15) is 14.4 Å². The molecule has 234 valence electrons. The summed E-state index contributed by atoms with van der Waals surface area (Å²) in [5.41, 5.74) is 9.30. The molecule has 0 bridgehead atoms. The van der Waals surface area contributed by atoms with Gasteiger partial charge in [0, 0.05) is 26.4 Å². The van der Waals surface area contributed by atoms with E-state index < -0.39 is 17.7 Å². The fourth-order valence-corrected chi connectivity index (χ4v) is 1.81. The van der Waals surface area contributed by atoms with Gasteiger partial charge in [-0.2, -0.15) is 0 Å². The zero-order valence-corrected chi connectivity index (χ0v) is 21.8. The third-order valence-corrected chi connectivity index (χ3v) is 3.12. The second kappa shape index (κ2) is 54.7. The Morgan fingerprint density at radius 2 is 1.16 bits per heavy atom. The smallest absolute Gasteiger partial charge is 0.407 e. The topological polar surface area (TPSA) is 313 Å². The number of hydrogen-bond donors (Lipinski definition) is 11. The van der Waals surface area contributed by atoms with Crippen molar-refractivity contribution in [3.8, 4) is 0 Å². The van der Waals surface area contributed by atoms with Crippen molar-refractivity contribution in [3.05, 3.63) is 0 Å². The maximum Gasteiger partial charge on any atom is 0.407 e. The first-order chi connectivity index (χ1) is 16.1. The van der Waals surface area contributed by atoms with Crippen LogP contribution in [0.5, 0.6) is 0 Å². The van der Waals surface area contributed by atoms with E-state index in [-0.39, 0.29) is 34.6 Å². The maximum absolute atomic E-state index is 11.2. The molecule has 0 saturated carbocycles. The Bertz CT molecular complexity index is 414. The van der Waals surface area contributed by atoms with Gasteiger partial charge < -0.3 is 31.9 Å². The Morgan fingerprint density at radius 1 is 0.757 bits per heavy atom. The minimum atomic E-state index is -0.778. The van der Waals surface area contributed by atoms with Crippen LogP contribution in [0.2, 0.25) is 0 Å². The van der Waals surface area contributed by atoms with Crippen molar-refractivity contribution in [2.75, 3.05) is 27.2 Å². The summed E-state index contributed by atoms with van der Waals surface area (Å²) in [6, 6.07) is 0. The number of unbranched alkanes of at least 4 members (excludes halogenated alkanes) is 4. The number of carboxylic acids is 1. The molecule has 37 heavy (non-hydrogen) atoms. The number of carbonyl (C=O) groups excluding carboxylic acids is 2. The first-order valence-electron chi connectivity index (χ1n) is 10.8. The van der Waals surface area contributed by atoms with Gasteiger partial charge in [-0.3, -0.25) is 44.6 Å². The summed E-state index contributed by atoms with van der Waals surface area (Å²) in [6.45, 7) is 6.67. The molecular formula is C22H66N10O5. The van der Waals surface area contributed by atoms with Crippen molar-refractivity contribution in [3.63, 3.8) is 0 Å². The molecule has 0 aromatic carbocycles. The molecule has 15 nitrogen and oxygen atoms in total. The van der Waals surface area contributed by atoms with E-state index in [2.05, 4.69) is 51.4 Å². The van der Waals surface area contributed by atoms with Crippen LogP contribution >= 0.6 is 0 Å². The van der Waals surface area contributed by atoms with Gasteiger partial charge in [0.05, 0.1) is 0 Å². The maximum atomic E-state index is 11.2. The molecule has 0 aromatic rings. The number of alkyl carbamates (subject to hydrolysis) is 1. The van der Waals surface area contributed by atoms with Gasteiger partial charge in [-0.05, 0) is 60.0 Å². The summed E-state index contributed by atoms with van der Waals surface area (Å²) in [5.74, 6) is 23.3. The molecule has 0 aliphatic rings. The lowest BCUT2D eigenvalue weighted by atomic mass is 10.2. The first-order valence-corrected chi connectivity index (χ1v) is 10.8. The van der Waals surface area contributed by atoms with Crippen molar-refractivity contribution in [2.24, 2.45) is 46.5 Å². The summed E-state index contributed by atoms with van der Waals surface area (Å²) in [4.78, 5) is 32.0. The normalized spacial score (nSPS) is 7.92. The van der Waals surface area contributed by atoms with E-state index in [1.165, 1.54) is 7.05 Å². The fourth-order valence-electron chi connectivity index (χ4n) is 1.81. The van der Waals surface area contributed by atoms with Crippen LogP contribution in [-0.2, 0) is 14.3 Å². The van der Waals surface area contributed by atoms with Crippen molar-refractivity contribution >= 4 is 18.0 Å². The molecule has 0 aromatic heterocycles. The van der Waals surface area contributed by atoms with E-state index in [1.54, 1.807) is 27.8 Å². The highest BCUT2D eigenvalue weighted by Gasteiger charge is 2.15. The van der Waals surface area contributed by atoms with Crippen LogP contribution in [0.15, 0.2) is 0 Å². The standard InChI is InChI=1S/C11H21NO4.C7H16N2O.CH5N.3CH4.3H4N2/c1-11(2,3)16-10(15)12-8-6-4-5-7-9(13)14;1-9-7(10)5-3-2-4-6-8;1-2;;;;3*1-2/h4-8H2,1-3H3,(H,12,15)(H,13,14);2-6,8H2,1H3,(H,9,10);2H2,1H3;3*1H4;3*1-2H2. The summed E-state index contributed by atoms with van der Waals surface area (Å²) in [5, 5.41) is 13.6. The Balaban J connectivity index is -0.0000000465. The lowest BCUT2D eigenvalue weighted by Crippen LogP contribution is -2.32. The highest BCUT2D eigenvalue weighted by molar-refractivity contribution is 5.75. The number of hydrazine groups is 3. The Hall–Kier alpha value is -2.11.